The van der Waals surface area contributed by atoms with E-state index in [1.54, 1.807) is 12.1 Å². The van der Waals surface area contributed by atoms with Crippen molar-refractivity contribution in [1.82, 2.24) is 0 Å². The van der Waals surface area contributed by atoms with Gasteiger partial charge in [-0.3, -0.25) is 0 Å². The first-order chi connectivity index (χ1) is 11.9. The predicted molar refractivity (Wildman–Crippen MR) is 115 cm³/mol. The number of hydrogen-bond donors (Lipinski definition) is 1. The summed E-state index contributed by atoms with van der Waals surface area (Å²) in [5.74, 6) is 0.307. The second-order valence-corrected chi connectivity index (χ2v) is 10.3. The molecule has 0 aliphatic rings. The highest BCUT2D eigenvalue weighted by Gasteiger charge is 2.27. The Hall–Kier alpha value is -1.39. The minimum Gasteiger partial charge on any atom is -0.507 e. The highest BCUT2D eigenvalue weighted by molar-refractivity contribution is 8.23. The fourth-order valence-electron chi connectivity index (χ4n) is 2.73. The SMILES string of the molecule is CC(C)(C)c1cc(C(=S)SC(F)c2ccccc2)cc(C(C)(C)C)c1O. The van der Waals surface area contributed by atoms with Crippen molar-refractivity contribution in [3.63, 3.8) is 0 Å². The predicted octanol–water partition coefficient (Wildman–Crippen LogP) is 7.06. The monoisotopic (exact) mass is 390 g/mol. The van der Waals surface area contributed by atoms with E-state index in [9.17, 15) is 9.50 Å². The number of halogens is 1. The molecule has 2 rings (SSSR count). The van der Waals surface area contributed by atoms with Crippen LogP contribution in [0, 0.1) is 0 Å². The fraction of sp³-hybridized carbons (Fsp3) is 0.409. The zero-order chi connectivity index (χ0) is 19.7. The first-order valence-corrected chi connectivity index (χ1v) is 9.98. The van der Waals surface area contributed by atoms with Gasteiger partial charge >= 0.3 is 0 Å². The molecule has 0 heterocycles. The van der Waals surface area contributed by atoms with Crippen LogP contribution in [-0.2, 0) is 10.8 Å². The summed E-state index contributed by atoms with van der Waals surface area (Å²) in [6, 6.07) is 12.8. The minimum absolute atomic E-state index is 0.241. The molecule has 0 fully saturated rings. The summed E-state index contributed by atoms with van der Waals surface area (Å²) in [6.07, 6.45) is 0. The Bertz CT molecular complexity index is 751. The van der Waals surface area contributed by atoms with E-state index >= 15 is 0 Å². The molecule has 0 aliphatic carbocycles. The summed E-state index contributed by atoms with van der Waals surface area (Å²) in [4.78, 5) is 0. The van der Waals surface area contributed by atoms with E-state index in [1.165, 1.54) is 0 Å². The number of aromatic hydroxyl groups is 1. The second-order valence-electron chi connectivity index (χ2n) is 8.55. The van der Waals surface area contributed by atoms with Crippen LogP contribution in [0.2, 0.25) is 0 Å². The number of phenolic OH excluding ortho intramolecular Hbond substituents is 1. The Labute approximate surface area is 166 Å². The normalized spacial score (nSPS) is 13.5. The summed E-state index contributed by atoms with van der Waals surface area (Å²) in [5, 5.41) is 10.8. The molecule has 1 atom stereocenters. The van der Waals surface area contributed by atoms with E-state index in [1.807, 2.05) is 30.3 Å². The third-order valence-electron chi connectivity index (χ3n) is 4.23. The molecule has 0 radical (unpaired) electrons. The van der Waals surface area contributed by atoms with Crippen molar-refractivity contribution in [2.24, 2.45) is 0 Å². The summed E-state index contributed by atoms with van der Waals surface area (Å²) in [5.41, 5.74) is 1.36. The van der Waals surface area contributed by atoms with Crippen molar-refractivity contribution in [3.8, 4) is 5.75 Å². The summed E-state index contributed by atoms with van der Waals surface area (Å²) >= 11 is 6.58. The Morgan fingerprint density at radius 1 is 0.962 bits per heavy atom. The maximum atomic E-state index is 14.6. The molecule has 0 amide bonds. The van der Waals surface area contributed by atoms with Gasteiger partial charge in [0.25, 0.3) is 0 Å². The Balaban J connectivity index is 2.43. The Morgan fingerprint density at radius 2 is 1.42 bits per heavy atom. The number of thioether (sulfide) groups is 1. The Kier molecular flexibility index (Phi) is 6.19. The van der Waals surface area contributed by atoms with Gasteiger partial charge in [-0.1, -0.05) is 95.9 Å². The van der Waals surface area contributed by atoms with Gasteiger partial charge in [-0.05, 0) is 34.1 Å². The molecular weight excluding hydrogens is 363 g/mol. The number of rotatable bonds is 3. The molecule has 1 N–H and O–H groups in total. The van der Waals surface area contributed by atoms with Crippen molar-refractivity contribution >= 4 is 28.2 Å². The summed E-state index contributed by atoms with van der Waals surface area (Å²) in [6.45, 7) is 12.3. The molecule has 0 aliphatic heterocycles. The van der Waals surface area contributed by atoms with Gasteiger partial charge in [0.05, 0.1) is 4.20 Å². The van der Waals surface area contributed by atoms with Crippen molar-refractivity contribution in [2.45, 2.75) is 57.9 Å². The molecule has 4 heteroatoms. The summed E-state index contributed by atoms with van der Waals surface area (Å²) < 4.78 is 15.1. The quantitative estimate of drug-likeness (QED) is 0.566. The number of thiocarbonyl (C=S) groups is 1. The first kappa shape index (κ1) is 20.9. The van der Waals surface area contributed by atoms with Gasteiger partial charge in [-0.2, -0.15) is 0 Å². The van der Waals surface area contributed by atoms with Gasteiger partial charge < -0.3 is 5.11 Å². The van der Waals surface area contributed by atoms with Crippen molar-refractivity contribution < 1.29 is 9.50 Å². The molecule has 0 aromatic heterocycles. The lowest BCUT2D eigenvalue weighted by Gasteiger charge is -2.28. The molecule has 2 aromatic carbocycles. The maximum absolute atomic E-state index is 14.6. The first-order valence-electron chi connectivity index (χ1n) is 8.69. The van der Waals surface area contributed by atoms with Crippen LogP contribution in [0.5, 0.6) is 5.75 Å². The molecule has 0 saturated carbocycles. The molecule has 0 saturated heterocycles. The second kappa shape index (κ2) is 7.69. The molecule has 2 aromatic rings. The third kappa shape index (κ3) is 4.86. The molecular formula is C22H27FOS2. The van der Waals surface area contributed by atoms with Crippen molar-refractivity contribution in [2.75, 3.05) is 0 Å². The number of phenols is 1. The van der Waals surface area contributed by atoms with Crippen molar-refractivity contribution in [3.05, 3.63) is 64.7 Å². The van der Waals surface area contributed by atoms with E-state index in [0.717, 1.165) is 28.5 Å². The molecule has 1 nitrogen and oxygen atoms in total. The fourth-order valence-corrected chi connectivity index (χ4v) is 3.84. The van der Waals surface area contributed by atoms with Crippen LogP contribution in [0.25, 0.3) is 0 Å². The van der Waals surface area contributed by atoms with Gasteiger partial charge in [0.1, 0.15) is 5.75 Å². The highest BCUT2D eigenvalue weighted by atomic mass is 32.2. The lowest BCUT2D eigenvalue weighted by atomic mass is 9.78. The largest absolute Gasteiger partial charge is 0.507 e. The van der Waals surface area contributed by atoms with E-state index < -0.39 is 5.50 Å². The van der Waals surface area contributed by atoms with Gasteiger partial charge in [0, 0.05) is 11.1 Å². The Morgan fingerprint density at radius 3 is 1.85 bits per heavy atom. The van der Waals surface area contributed by atoms with E-state index in [-0.39, 0.29) is 10.8 Å². The van der Waals surface area contributed by atoms with Crippen LogP contribution < -0.4 is 0 Å². The van der Waals surface area contributed by atoms with Crippen LogP contribution in [0.15, 0.2) is 42.5 Å². The standard InChI is InChI=1S/C22H27FOS2/c1-21(2,3)16-12-15(13-17(18(16)24)22(4,5)6)20(25)26-19(23)14-10-8-7-9-11-14/h7-13,19,24H,1-6H3. The molecule has 0 spiro atoms. The lowest BCUT2D eigenvalue weighted by Crippen LogP contribution is -2.18. The van der Waals surface area contributed by atoms with Crippen LogP contribution in [0.3, 0.4) is 0 Å². The number of benzene rings is 2. The van der Waals surface area contributed by atoms with Gasteiger partial charge in [0.2, 0.25) is 0 Å². The zero-order valence-corrected chi connectivity index (χ0v) is 17.9. The third-order valence-corrected chi connectivity index (χ3v) is 5.69. The summed E-state index contributed by atoms with van der Waals surface area (Å²) in [7, 11) is 0. The molecule has 0 bridgehead atoms. The zero-order valence-electron chi connectivity index (χ0n) is 16.3. The minimum atomic E-state index is -1.21. The van der Waals surface area contributed by atoms with Crippen LogP contribution in [-0.4, -0.2) is 9.30 Å². The van der Waals surface area contributed by atoms with Gasteiger partial charge in [-0.15, -0.1) is 0 Å². The van der Waals surface area contributed by atoms with Crippen LogP contribution >= 0.6 is 24.0 Å². The van der Waals surface area contributed by atoms with Gasteiger partial charge in [0.15, 0.2) is 5.50 Å². The topological polar surface area (TPSA) is 20.2 Å². The average Bonchev–Trinajstić information content (AvgIpc) is 2.53. The van der Waals surface area contributed by atoms with Crippen LogP contribution in [0.1, 0.15) is 69.3 Å². The van der Waals surface area contributed by atoms with Crippen molar-refractivity contribution in [1.29, 1.82) is 0 Å². The van der Waals surface area contributed by atoms with E-state index in [4.69, 9.17) is 12.2 Å². The smallest absolute Gasteiger partial charge is 0.176 e. The number of alkyl halides is 1. The van der Waals surface area contributed by atoms with E-state index in [0.29, 0.717) is 15.5 Å². The van der Waals surface area contributed by atoms with E-state index in [2.05, 4.69) is 41.5 Å². The van der Waals surface area contributed by atoms with Crippen LogP contribution in [0.4, 0.5) is 4.39 Å². The number of hydrogen-bond acceptors (Lipinski definition) is 3. The average molecular weight is 391 g/mol. The maximum Gasteiger partial charge on any atom is 0.176 e. The lowest BCUT2D eigenvalue weighted by molar-refractivity contribution is 0.423. The van der Waals surface area contributed by atoms with Gasteiger partial charge in [-0.25, -0.2) is 4.39 Å². The highest BCUT2D eigenvalue weighted by Crippen LogP contribution is 2.41. The molecule has 1 unspecified atom stereocenters. The molecule has 26 heavy (non-hydrogen) atoms. The molecule has 140 valence electrons.